The molecule has 0 aromatic heterocycles. The third-order valence-corrected chi connectivity index (χ3v) is 5.90. The number of hydrogen-bond donors (Lipinski definition) is 4. The van der Waals surface area contributed by atoms with Gasteiger partial charge in [0.25, 0.3) is 0 Å². The molecule has 2 rings (SSSR count). The van der Waals surface area contributed by atoms with Crippen LogP contribution in [-0.4, -0.2) is 57.4 Å². The van der Waals surface area contributed by atoms with Crippen molar-refractivity contribution in [3.8, 4) is 5.75 Å². The van der Waals surface area contributed by atoms with Gasteiger partial charge in [-0.05, 0) is 77.1 Å². The highest BCUT2D eigenvalue weighted by molar-refractivity contribution is 7.80. The second-order valence-electron chi connectivity index (χ2n) is 10.0. The van der Waals surface area contributed by atoms with Crippen LogP contribution >= 0.6 is 12.6 Å². The first-order valence-corrected chi connectivity index (χ1v) is 12.5. The Morgan fingerprint density at radius 2 is 1.88 bits per heavy atom. The minimum absolute atomic E-state index is 0.0521. The van der Waals surface area contributed by atoms with Crippen molar-refractivity contribution in [3.63, 3.8) is 0 Å². The summed E-state index contributed by atoms with van der Waals surface area (Å²) >= 11 is 4.29. The van der Waals surface area contributed by atoms with Crippen molar-refractivity contribution < 1.29 is 24.2 Å². The zero-order valence-corrected chi connectivity index (χ0v) is 21.9. The first kappa shape index (κ1) is 27.8. The van der Waals surface area contributed by atoms with E-state index in [-0.39, 0.29) is 29.5 Å². The van der Waals surface area contributed by atoms with E-state index >= 15 is 0 Å². The maximum Gasteiger partial charge on any atom is 0.408 e. The summed E-state index contributed by atoms with van der Waals surface area (Å²) in [6.45, 7) is 11.0. The van der Waals surface area contributed by atoms with E-state index in [1.807, 2.05) is 13.8 Å². The summed E-state index contributed by atoms with van der Waals surface area (Å²) in [5.74, 6) is -0.513. The Morgan fingerprint density at radius 1 is 1.24 bits per heavy atom. The van der Waals surface area contributed by atoms with E-state index in [0.29, 0.717) is 11.1 Å². The molecule has 1 aliphatic rings. The molecule has 0 saturated heterocycles. The number of thiol groups is 1. The van der Waals surface area contributed by atoms with E-state index in [1.165, 1.54) is 6.07 Å². The lowest BCUT2D eigenvalue weighted by Gasteiger charge is -2.35. The van der Waals surface area contributed by atoms with E-state index in [4.69, 9.17) is 4.74 Å². The third-order valence-electron chi connectivity index (χ3n) is 5.54. The van der Waals surface area contributed by atoms with Crippen LogP contribution in [0, 0.1) is 6.92 Å². The summed E-state index contributed by atoms with van der Waals surface area (Å²) in [6, 6.07) is 2.88. The number of benzene rings is 1. The minimum atomic E-state index is -0.958. The van der Waals surface area contributed by atoms with Crippen molar-refractivity contribution in [3.05, 3.63) is 29.3 Å². The van der Waals surface area contributed by atoms with Gasteiger partial charge in [-0.25, -0.2) is 4.79 Å². The quantitative estimate of drug-likeness (QED) is 0.370. The molecule has 190 valence electrons. The fourth-order valence-electron chi connectivity index (χ4n) is 3.80. The molecule has 0 heterocycles. The zero-order chi connectivity index (χ0) is 25.6. The Bertz CT molecular complexity index is 882. The van der Waals surface area contributed by atoms with Gasteiger partial charge in [-0.2, -0.15) is 12.6 Å². The molecule has 34 heavy (non-hydrogen) atoms. The Kier molecular flexibility index (Phi) is 9.67. The predicted octanol–water partition coefficient (Wildman–Crippen LogP) is 3.86. The topological polar surface area (TPSA) is 108 Å². The number of alkyl carbamates (subject to hydrolysis) is 1. The highest BCUT2D eigenvalue weighted by Gasteiger charge is 2.44. The van der Waals surface area contributed by atoms with Gasteiger partial charge in [0.05, 0.1) is 0 Å². The number of carbonyl (C=O) groups excluding carboxylic acids is 3. The van der Waals surface area contributed by atoms with Crippen molar-refractivity contribution in [1.82, 2.24) is 15.5 Å². The van der Waals surface area contributed by atoms with Crippen LogP contribution < -0.4 is 10.6 Å². The Morgan fingerprint density at radius 3 is 2.38 bits per heavy atom. The van der Waals surface area contributed by atoms with Gasteiger partial charge >= 0.3 is 6.09 Å². The largest absolute Gasteiger partial charge is 0.508 e. The lowest BCUT2D eigenvalue weighted by Crippen LogP contribution is -2.55. The first-order chi connectivity index (χ1) is 15.9. The second-order valence-corrected chi connectivity index (χ2v) is 10.4. The molecule has 1 fully saturated rings. The molecule has 3 amide bonds. The van der Waals surface area contributed by atoms with Gasteiger partial charge in [0.1, 0.15) is 23.4 Å². The van der Waals surface area contributed by atoms with E-state index in [0.717, 1.165) is 25.7 Å². The van der Waals surface area contributed by atoms with Gasteiger partial charge in [0, 0.05) is 17.8 Å². The monoisotopic (exact) mass is 493 g/mol. The van der Waals surface area contributed by atoms with Gasteiger partial charge in [0.15, 0.2) is 0 Å². The average molecular weight is 494 g/mol. The lowest BCUT2D eigenvalue weighted by atomic mass is 9.99. The van der Waals surface area contributed by atoms with Crippen molar-refractivity contribution in [2.75, 3.05) is 5.75 Å². The molecule has 1 saturated carbocycles. The second kappa shape index (κ2) is 11.8. The van der Waals surface area contributed by atoms with Crippen LogP contribution in [0.3, 0.4) is 0 Å². The summed E-state index contributed by atoms with van der Waals surface area (Å²) in [5.41, 5.74) is 0.496. The molecule has 0 bridgehead atoms. The molecule has 0 spiro atoms. The van der Waals surface area contributed by atoms with Gasteiger partial charge in [-0.1, -0.05) is 19.4 Å². The number of rotatable bonds is 10. The summed E-state index contributed by atoms with van der Waals surface area (Å²) < 4.78 is 5.32. The Balaban J connectivity index is 2.40. The fourth-order valence-corrected chi connectivity index (χ4v) is 4.05. The molecule has 1 aromatic carbocycles. The smallest absolute Gasteiger partial charge is 0.408 e. The lowest BCUT2D eigenvalue weighted by molar-refractivity contribution is -0.143. The molecule has 1 aliphatic carbocycles. The molecule has 3 atom stereocenters. The van der Waals surface area contributed by atoms with E-state index in [1.54, 1.807) is 44.7 Å². The van der Waals surface area contributed by atoms with Crippen LogP contribution in [0.4, 0.5) is 4.79 Å². The SMILES string of the molecule is CCCC(C)NC(=O)C(c1ccc(O)c(C)c1)N(C(=O)C(CS)NC(=O)OC(C)(C)C)C1CC1. The van der Waals surface area contributed by atoms with Crippen LogP contribution in [0.5, 0.6) is 5.75 Å². The van der Waals surface area contributed by atoms with Crippen molar-refractivity contribution in [2.24, 2.45) is 0 Å². The summed E-state index contributed by atoms with van der Waals surface area (Å²) in [7, 11) is 0. The molecule has 8 nitrogen and oxygen atoms in total. The molecular formula is C25H39N3O5S. The first-order valence-electron chi connectivity index (χ1n) is 11.9. The molecule has 3 unspecified atom stereocenters. The third kappa shape index (κ3) is 7.82. The van der Waals surface area contributed by atoms with Gasteiger partial charge < -0.3 is 25.4 Å². The number of carbonyl (C=O) groups is 3. The number of nitrogens with zero attached hydrogens (tertiary/aromatic N) is 1. The van der Waals surface area contributed by atoms with E-state index in [9.17, 15) is 19.5 Å². The van der Waals surface area contributed by atoms with E-state index in [2.05, 4.69) is 23.3 Å². The molecular weight excluding hydrogens is 454 g/mol. The zero-order valence-electron chi connectivity index (χ0n) is 21.1. The number of amides is 3. The summed E-state index contributed by atoms with van der Waals surface area (Å²) in [6.07, 6.45) is 2.54. The number of aromatic hydroxyl groups is 1. The highest BCUT2D eigenvalue weighted by atomic mass is 32.1. The van der Waals surface area contributed by atoms with E-state index < -0.39 is 29.7 Å². The van der Waals surface area contributed by atoms with Crippen LogP contribution in [0.2, 0.25) is 0 Å². The predicted molar refractivity (Wildman–Crippen MR) is 135 cm³/mol. The maximum atomic E-state index is 13.7. The van der Waals surface area contributed by atoms with Crippen molar-refractivity contribution in [2.45, 2.75) is 97.0 Å². The Labute approximate surface area is 208 Å². The molecule has 0 radical (unpaired) electrons. The number of hydrogen-bond acceptors (Lipinski definition) is 6. The van der Waals surface area contributed by atoms with Gasteiger partial charge in [-0.15, -0.1) is 0 Å². The number of phenols is 1. The summed E-state index contributed by atoms with van der Waals surface area (Å²) in [4.78, 5) is 41.2. The molecule has 1 aromatic rings. The Hall–Kier alpha value is -2.42. The normalized spacial score (nSPS) is 16.2. The minimum Gasteiger partial charge on any atom is -0.508 e. The van der Waals surface area contributed by atoms with Gasteiger partial charge in [-0.3, -0.25) is 9.59 Å². The number of phenolic OH excluding ortho intramolecular Hbond substituents is 1. The number of ether oxygens (including phenoxy) is 1. The van der Waals surface area contributed by atoms with Crippen molar-refractivity contribution in [1.29, 1.82) is 0 Å². The van der Waals surface area contributed by atoms with Gasteiger partial charge in [0.2, 0.25) is 11.8 Å². The standard InChI is InChI=1S/C25H39N3O5S/c1-7-8-16(3)26-22(30)21(17-9-12-20(29)15(2)13-17)28(18-10-11-18)23(31)19(14-34)27-24(32)33-25(4,5)6/h9,12-13,16,18-19,21,29,34H,7-8,10-11,14H2,1-6H3,(H,26,30)(H,27,32). The summed E-state index contributed by atoms with van der Waals surface area (Å²) in [5, 5.41) is 15.7. The average Bonchev–Trinajstić information content (AvgIpc) is 3.55. The number of aryl methyl sites for hydroxylation is 1. The van der Waals surface area contributed by atoms with Crippen molar-refractivity contribution >= 4 is 30.5 Å². The van der Waals surface area contributed by atoms with Crippen LogP contribution in [0.15, 0.2) is 18.2 Å². The van der Waals surface area contributed by atoms with Crippen LogP contribution in [0.25, 0.3) is 0 Å². The van der Waals surface area contributed by atoms with Crippen LogP contribution in [0.1, 0.15) is 77.5 Å². The highest BCUT2D eigenvalue weighted by Crippen LogP contribution is 2.36. The maximum absolute atomic E-state index is 13.7. The number of nitrogens with one attached hydrogen (secondary N) is 2. The molecule has 3 N–H and O–H groups in total. The molecule has 0 aliphatic heterocycles. The van der Waals surface area contributed by atoms with Crippen LogP contribution in [-0.2, 0) is 14.3 Å². The fraction of sp³-hybridized carbons (Fsp3) is 0.640. The molecule has 9 heteroatoms.